The van der Waals surface area contributed by atoms with E-state index in [0.29, 0.717) is 6.04 Å². The summed E-state index contributed by atoms with van der Waals surface area (Å²) < 4.78 is 32.4. The van der Waals surface area contributed by atoms with E-state index < -0.39 is 10.1 Å². The minimum atomic E-state index is -3.53. The summed E-state index contributed by atoms with van der Waals surface area (Å²) in [7, 11) is -3.53. The molecule has 0 radical (unpaired) electrons. The van der Waals surface area contributed by atoms with Crippen LogP contribution in [0.1, 0.15) is 19.4 Å². The summed E-state index contributed by atoms with van der Waals surface area (Å²) in [5.41, 5.74) is 1.02. The van der Waals surface area contributed by atoms with Gasteiger partial charge in [-0.05, 0) is 32.9 Å². The molecule has 1 aliphatic rings. The molecule has 20 heavy (non-hydrogen) atoms. The Morgan fingerprint density at radius 1 is 1.35 bits per heavy atom. The summed E-state index contributed by atoms with van der Waals surface area (Å²) in [6.45, 7) is 8.60. The van der Waals surface area contributed by atoms with Crippen LogP contribution in [0.4, 0.5) is 0 Å². The third-order valence-corrected chi connectivity index (χ3v) is 4.09. The van der Waals surface area contributed by atoms with Crippen molar-refractivity contribution in [2.24, 2.45) is 0 Å². The van der Waals surface area contributed by atoms with Crippen LogP contribution in [0.5, 0.6) is 0 Å². The predicted octanol–water partition coefficient (Wildman–Crippen LogP) is 1.71. The van der Waals surface area contributed by atoms with Crippen molar-refractivity contribution < 1.29 is 17.3 Å². The molecule has 0 aromatic heterocycles. The first-order chi connectivity index (χ1) is 9.45. The Morgan fingerprint density at radius 3 is 2.40 bits per heavy atom. The van der Waals surface area contributed by atoms with Gasteiger partial charge in [0.2, 0.25) is 0 Å². The lowest BCUT2D eigenvalue weighted by atomic mass is 10.2. The van der Waals surface area contributed by atoms with E-state index in [1.165, 1.54) is 0 Å². The van der Waals surface area contributed by atoms with Gasteiger partial charge >= 0.3 is 0 Å². The Bertz CT molecular complexity index is 478. The number of aryl methyl sites for hydroxylation is 1. The lowest BCUT2D eigenvalue weighted by molar-refractivity contribution is 0.0824. The first kappa shape index (κ1) is 17.1. The molecule has 0 saturated carbocycles. The zero-order valence-corrected chi connectivity index (χ0v) is 13.1. The first-order valence-corrected chi connectivity index (χ1v) is 8.13. The van der Waals surface area contributed by atoms with Crippen molar-refractivity contribution in [3.05, 3.63) is 29.8 Å². The maximum atomic E-state index is 11.3. The molecule has 1 fully saturated rings. The summed E-state index contributed by atoms with van der Waals surface area (Å²) in [6.07, 6.45) is 0. The number of hydrogen-bond donors (Lipinski definition) is 1. The number of morpholine rings is 1. The second-order valence-corrected chi connectivity index (χ2v) is 6.22. The largest absolute Gasteiger partial charge is 0.379 e. The van der Waals surface area contributed by atoms with E-state index in [9.17, 15) is 8.42 Å². The maximum absolute atomic E-state index is 11.3. The molecule has 2 rings (SSSR count). The van der Waals surface area contributed by atoms with E-state index >= 15 is 0 Å². The minimum Gasteiger partial charge on any atom is -0.379 e. The van der Waals surface area contributed by atoms with Crippen molar-refractivity contribution in [1.29, 1.82) is 0 Å². The van der Waals surface area contributed by atoms with Crippen LogP contribution in [0.15, 0.2) is 29.2 Å². The van der Waals surface area contributed by atoms with Crippen LogP contribution >= 0.6 is 0 Å². The van der Waals surface area contributed by atoms with E-state index in [4.69, 9.17) is 4.74 Å². The van der Waals surface area contributed by atoms with Gasteiger partial charge in [-0.15, -0.1) is 0 Å². The summed E-state index contributed by atoms with van der Waals surface area (Å²) >= 11 is 0. The lowest BCUT2D eigenvalue weighted by Gasteiger charge is -2.19. The highest BCUT2D eigenvalue weighted by molar-refractivity contribution is 7.86. The van der Waals surface area contributed by atoms with Crippen LogP contribution in [0, 0.1) is 6.92 Å². The van der Waals surface area contributed by atoms with Crippen LogP contribution in [-0.2, 0) is 19.0 Å². The smallest absolute Gasteiger partial charge is 0.296 e. The molecule has 6 heteroatoms. The second-order valence-electron chi connectivity index (χ2n) is 4.60. The second kappa shape index (κ2) is 8.36. The summed E-state index contributed by atoms with van der Waals surface area (Å²) in [5, 5.41) is 3.26. The van der Waals surface area contributed by atoms with Crippen molar-refractivity contribution in [1.82, 2.24) is 5.32 Å². The standard InChI is InChI=1S/C9H12O3S.C5H11NO/c1-3-12-13(10,11)9-6-4-8(2)5-7-9;1-5-4-7-3-2-6-5/h4-7H,3H2,1-2H3;5-6H,2-4H2,1H3. The van der Waals surface area contributed by atoms with E-state index in [0.717, 1.165) is 25.3 Å². The molecule has 0 spiro atoms. The van der Waals surface area contributed by atoms with E-state index in [2.05, 4.69) is 16.4 Å². The molecule has 1 aliphatic heterocycles. The fraction of sp³-hybridized carbons (Fsp3) is 0.571. The Balaban J connectivity index is 0.000000240. The number of benzene rings is 1. The molecule has 1 aromatic rings. The van der Waals surface area contributed by atoms with Crippen molar-refractivity contribution in [2.45, 2.75) is 31.7 Å². The van der Waals surface area contributed by atoms with Crippen LogP contribution in [0.2, 0.25) is 0 Å². The monoisotopic (exact) mass is 301 g/mol. The maximum Gasteiger partial charge on any atom is 0.296 e. The van der Waals surface area contributed by atoms with Gasteiger partial charge < -0.3 is 10.1 Å². The number of rotatable bonds is 3. The van der Waals surface area contributed by atoms with E-state index in [1.54, 1.807) is 31.2 Å². The Labute approximate surface area is 121 Å². The van der Waals surface area contributed by atoms with E-state index in [-0.39, 0.29) is 11.5 Å². The first-order valence-electron chi connectivity index (χ1n) is 6.73. The molecule has 1 aromatic carbocycles. The molecule has 5 nitrogen and oxygen atoms in total. The quantitative estimate of drug-likeness (QED) is 0.861. The highest BCUT2D eigenvalue weighted by Crippen LogP contribution is 2.12. The van der Waals surface area contributed by atoms with Gasteiger partial charge in [-0.2, -0.15) is 8.42 Å². The Morgan fingerprint density at radius 2 is 2.00 bits per heavy atom. The predicted molar refractivity (Wildman–Crippen MR) is 78.3 cm³/mol. The fourth-order valence-electron chi connectivity index (χ4n) is 1.62. The molecule has 1 saturated heterocycles. The van der Waals surface area contributed by atoms with Gasteiger partial charge in [-0.1, -0.05) is 17.7 Å². The highest BCUT2D eigenvalue weighted by atomic mass is 32.2. The fourth-order valence-corrected chi connectivity index (χ4v) is 2.54. The summed E-state index contributed by atoms with van der Waals surface area (Å²) in [4.78, 5) is 0.208. The van der Waals surface area contributed by atoms with Gasteiger partial charge in [0, 0.05) is 12.6 Å². The van der Waals surface area contributed by atoms with Crippen molar-refractivity contribution >= 4 is 10.1 Å². The van der Waals surface area contributed by atoms with E-state index in [1.807, 2.05) is 6.92 Å². The lowest BCUT2D eigenvalue weighted by Crippen LogP contribution is -2.38. The van der Waals surface area contributed by atoms with Crippen LogP contribution in [0.25, 0.3) is 0 Å². The third-order valence-electron chi connectivity index (χ3n) is 2.69. The Kier molecular flexibility index (Phi) is 7.15. The van der Waals surface area contributed by atoms with Crippen molar-refractivity contribution in [2.75, 3.05) is 26.4 Å². The van der Waals surface area contributed by atoms with Crippen LogP contribution in [0.3, 0.4) is 0 Å². The van der Waals surface area contributed by atoms with Crippen molar-refractivity contribution in [3.63, 3.8) is 0 Å². The van der Waals surface area contributed by atoms with Crippen LogP contribution < -0.4 is 5.32 Å². The number of hydrogen-bond acceptors (Lipinski definition) is 5. The normalized spacial score (nSPS) is 19.1. The average molecular weight is 301 g/mol. The minimum absolute atomic E-state index is 0.163. The molecule has 0 aliphatic carbocycles. The van der Waals surface area contributed by atoms with Gasteiger partial charge in [-0.3, -0.25) is 4.18 Å². The molecule has 114 valence electrons. The summed E-state index contributed by atoms with van der Waals surface area (Å²) in [5.74, 6) is 0. The molecule has 0 bridgehead atoms. The Hall–Kier alpha value is -0.950. The van der Waals surface area contributed by atoms with Crippen LogP contribution in [-0.4, -0.2) is 40.8 Å². The molecule has 1 atom stereocenters. The van der Waals surface area contributed by atoms with Gasteiger partial charge in [0.15, 0.2) is 0 Å². The van der Waals surface area contributed by atoms with Gasteiger partial charge in [-0.25, -0.2) is 0 Å². The SMILES string of the molecule is CC1COCCN1.CCOS(=O)(=O)c1ccc(C)cc1. The summed E-state index contributed by atoms with van der Waals surface area (Å²) in [6, 6.07) is 7.13. The topological polar surface area (TPSA) is 64.6 Å². The molecule has 1 heterocycles. The van der Waals surface area contributed by atoms with Crippen molar-refractivity contribution in [3.8, 4) is 0 Å². The van der Waals surface area contributed by atoms with Gasteiger partial charge in [0.1, 0.15) is 0 Å². The third kappa shape index (κ3) is 6.00. The molecule has 1 unspecified atom stereocenters. The van der Waals surface area contributed by atoms with Gasteiger partial charge in [0.25, 0.3) is 10.1 Å². The number of ether oxygens (including phenoxy) is 1. The highest BCUT2D eigenvalue weighted by Gasteiger charge is 2.12. The zero-order chi connectivity index (χ0) is 15.0. The molecular formula is C14H23NO4S. The zero-order valence-electron chi connectivity index (χ0n) is 12.3. The van der Waals surface area contributed by atoms with Gasteiger partial charge in [0.05, 0.1) is 24.7 Å². The average Bonchev–Trinajstić information content (AvgIpc) is 2.41. The molecule has 0 amide bonds. The molecule has 1 N–H and O–H groups in total. The molecular weight excluding hydrogens is 278 g/mol. The number of nitrogens with one attached hydrogen (secondary N) is 1.